The van der Waals surface area contributed by atoms with Gasteiger partial charge in [0.2, 0.25) is 0 Å². The van der Waals surface area contributed by atoms with Crippen molar-refractivity contribution >= 4 is 11.5 Å². The second kappa shape index (κ2) is 5.49. The number of ether oxygens (including phenoxy) is 1. The van der Waals surface area contributed by atoms with Crippen LogP contribution in [0.3, 0.4) is 0 Å². The molecule has 0 saturated carbocycles. The molecule has 2 atom stereocenters. The van der Waals surface area contributed by atoms with E-state index in [2.05, 4.69) is 4.98 Å². The van der Waals surface area contributed by atoms with Crippen LogP contribution in [0.1, 0.15) is 29.3 Å². The summed E-state index contributed by atoms with van der Waals surface area (Å²) in [5.74, 6) is 0.822. The maximum Gasteiger partial charge on any atom is 0.181 e. The molecule has 4 rings (SSSR count). The predicted octanol–water partition coefficient (Wildman–Crippen LogP) is 2.79. The maximum atomic E-state index is 13.5. The molecule has 0 saturated heterocycles. The van der Waals surface area contributed by atoms with Gasteiger partial charge < -0.3 is 15.6 Å². The topological polar surface area (TPSA) is 72.8 Å². The molecule has 2 heterocycles. The molecule has 124 valence electrons. The lowest BCUT2D eigenvalue weighted by Gasteiger charge is -2.30. The second-order valence-corrected chi connectivity index (χ2v) is 6.14. The zero-order valence-electron chi connectivity index (χ0n) is 13.2. The van der Waals surface area contributed by atoms with Gasteiger partial charge in [0, 0.05) is 6.20 Å². The highest BCUT2D eigenvalue weighted by Gasteiger charge is 2.31. The quantitative estimate of drug-likeness (QED) is 0.759. The summed E-state index contributed by atoms with van der Waals surface area (Å²) < 4.78 is 21.3. The zero-order valence-corrected chi connectivity index (χ0v) is 13.2. The molecule has 2 unspecified atom stereocenters. The first-order valence-electron chi connectivity index (χ1n) is 7.91. The van der Waals surface area contributed by atoms with E-state index in [4.69, 9.17) is 10.5 Å². The molecule has 3 aromatic rings. The number of aryl methyl sites for hydroxylation is 2. The fourth-order valence-corrected chi connectivity index (χ4v) is 3.28. The number of nitrogen functional groups attached to an aromatic ring is 1. The van der Waals surface area contributed by atoms with Crippen molar-refractivity contribution in [3.8, 4) is 5.75 Å². The molecule has 1 aliphatic rings. The van der Waals surface area contributed by atoms with E-state index in [1.54, 1.807) is 16.5 Å². The number of aliphatic hydroxyl groups excluding tert-OH is 1. The lowest BCUT2D eigenvalue weighted by molar-refractivity contribution is 0.0233. The van der Waals surface area contributed by atoms with Crippen LogP contribution in [0.2, 0.25) is 0 Å². The van der Waals surface area contributed by atoms with E-state index in [9.17, 15) is 9.50 Å². The SMILES string of the molecule is Cc1nc2c(OC3c4ccc(F)cc4CCC3O)cccn2c1N. The molecule has 0 radical (unpaired) electrons. The first-order valence-corrected chi connectivity index (χ1v) is 7.91. The van der Waals surface area contributed by atoms with Gasteiger partial charge in [0.1, 0.15) is 17.7 Å². The molecule has 0 aliphatic heterocycles. The molecular formula is C18H18FN3O2. The second-order valence-electron chi connectivity index (χ2n) is 6.14. The molecule has 0 amide bonds. The number of anilines is 1. The molecule has 2 aromatic heterocycles. The number of nitrogens with two attached hydrogens (primary N) is 1. The number of aromatic nitrogens is 2. The van der Waals surface area contributed by atoms with E-state index < -0.39 is 12.2 Å². The summed E-state index contributed by atoms with van der Waals surface area (Å²) in [5.41, 5.74) is 9.03. The number of nitrogens with zero attached hydrogens (tertiary/aromatic N) is 2. The van der Waals surface area contributed by atoms with Gasteiger partial charge in [0.15, 0.2) is 11.4 Å². The van der Waals surface area contributed by atoms with E-state index in [1.807, 2.05) is 19.2 Å². The van der Waals surface area contributed by atoms with Crippen LogP contribution in [0.15, 0.2) is 36.5 Å². The first kappa shape index (κ1) is 15.0. The molecule has 0 fully saturated rings. The highest BCUT2D eigenvalue weighted by molar-refractivity contribution is 5.61. The Hall–Kier alpha value is -2.60. The van der Waals surface area contributed by atoms with E-state index in [-0.39, 0.29) is 5.82 Å². The third kappa shape index (κ3) is 2.30. The lowest BCUT2D eigenvalue weighted by Crippen LogP contribution is -2.29. The number of pyridine rings is 1. The summed E-state index contributed by atoms with van der Waals surface area (Å²) in [6, 6.07) is 8.20. The number of hydrogen-bond donors (Lipinski definition) is 2. The highest BCUT2D eigenvalue weighted by Crippen LogP contribution is 2.36. The van der Waals surface area contributed by atoms with Crippen LogP contribution in [0.25, 0.3) is 5.65 Å². The van der Waals surface area contributed by atoms with Crippen LogP contribution in [0.5, 0.6) is 5.75 Å². The summed E-state index contributed by atoms with van der Waals surface area (Å²) in [4.78, 5) is 4.44. The van der Waals surface area contributed by atoms with Gasteiger partial charge in [0.05, 0.1) is 11.8 Å². The third-order valence-corrected chi connectivity index (χ3v) is 4.56. The Morgan fingerprint density at radius 3 is 3.04 bits per heavy atom. The van der Waals surface area contributed by atoms with E-state index in [1.165, 1.54) is 12.1 Å². The van der Waals surface area contributed by atoms with Gasteiger partial charge in [-0.05, 0) is 55.2 Å². The zero-order chi connectivity index (χ0) is 16.8. The van der Waals surface area contributed by atoms with E-state index in [0.29, 0.717) is 30.1 Å². The third-order valence-electron chi connectivity index (χ3n) is 4.56. The first-order chi connectivity index (χ1) is 11.5. The van der Waals surface area contributed by atoms with Crippen LogP contribution in [0, 0.1) is 12.7 Å². The van der Waals surface area contributed by atoms with Gasteiger partial charge in [-0.3, -0.25) is 4.40 Å². The minimum Gasteiger partial charge on any atom is -0.479 e. The van der Waals surface area contributed by atoms with E-state index >= 15 is 0 Å². The molecule has 1 aliphatic carbocycles. The van der Waals surface area contributed by atoms with Crippen molar-refractivity contribution in [2.75, 3.05) is 5.73 Å². The van der Waals surface area contributed by atoms with Crippen LogP contribution in [-0.2, 0) is 6.42 Å². The lowest BCUT2D eigenvalue weighted by atomic mass is 9.87. The smallest absolute Gasteiger partial charge is 0.181 e. The highest BCUT2D eigenvalue weighted by atomic mass is 19.1. The van der Waals surface area contributed by atoms with Gasteiger partial charge in [-0.15, -0.1) is 0 Å². The van der Waals surface area contributed by atoms with Crippen LogP contribution < -0.4 is 10.5 Å². The summed E-state index contributed by atoms with van der Waals surface area (Å²) in [6.07, 6.45) is 1.77. The van der Waals surface area contributed by atoms with Gasteiger partial charge in [-0.1, -0.05) is 6.07 Å². The Balaban J connectivity index is 1.77. The standard InChI is InChI=1S/C18H18FN3O2/c1-10-17(20)22-8-2-3-15(18(22)21-10)24-16-13-6-5-12(19)9-11(13)4-7-14(16)23/h2-3,5-6,8-9,14,16,23H,4,7,20H2,1H3. The number of hydrogen-bond acceptors (Lipinski definition) is 4. The number of halogens is 1. The summed E-state index contributed by atoms with van der Waals surface area (Å²) in [6.45, 7) is 1.83. The molecule has 0 spiro atoms. The Kier molecular flexibility index (Phi) is 3.42. The number of fused-ring (bicyclic) bond motifs is 2. The number of rotatable bonds is 2. The van der Waals surface area contributed by atoms with Gasteiger partial charge in [-0.25, -0.2) is 9.37 Å². The summed E-state index contributed by atoms with van der Waals surface area (Å²) >= 11 is 0. The molecule has 3 N–H and O–H groups in total. The Bertz CT molecular complexity index is 922. The van der Waals surface area contributed by atoms with Gasteiger partial charge in [-0.2, -0.15) is 0 Å². The molecule has 6 heteroatoms. The minimum atomic E-state index is -0.656. The number of benzene rings is 1. The normalized spacial score (nSPS) is 20.1. The van der Waals surface area contributed by atoms with Crippen molar-refractivity contribution in [3.63, 3.8) is 0 Å². The molecule has 1 aromatic carbocycles. The van der Waals surface area contributed by atoms with Gasteiger partial charge >= 0.3 is 0 Å². The Morgan fingerprint density at radius 2 is 2.21 bits per heavy atom. The summed E-state index contributed by atoms with van der Waals surface area (Å²) in [5, 5.41) is 10.4. The fraction of sp³-hybridized carbons (Fsp3) is 0.278. The average Bonchev–Trinajstić information content (AvgIpc) is 2.86. The number of aliphatic hydroxyl groups is 1. The van der Waals surface area contributed by atoms with Crippen LogP contribution in [-0.4, -0.2) is 20.6 Å². The van der Waals surface area contributed by atoms with Crippen LogP contribution >= 0.6 is 0 Å². The average molecular weight is 327 g/mol. The monoisotopic (exact) mass is 327 g/mol. The maximum absolute atomic E-state index is 13.5. The van der Waals surface area contributed by atoms with Crippen molar-refractivity contribution in [2.45, 2.75) is 32.0 Å². The van der Waals surface area contributed by atoms with Crippen molar-refractivity contribution < 1.29 is 14.2 Å². The van der Waals surface area contributed by atoms with Crippen molar-refractivity contribution in [2.24, 2.45) is 0 Å². The fourth-order valence-electron chi connectivity index (χ4n) is 3.28. The summed E-state index contributed by atoms with van der Waals surface area (Å²) in [7, 11) is 0. The van der Waals surface area contributed by atoms with Crippen molar-refractivity contribution in [1.29, 1.82) is 0 Å². The van der Waals surface area contributed by atoms with Crippen molar-refractivity contribution in [1.82, 2.24) is 9.38 Å². The molecule has 24 heavy (non-hydrogen) atoms. The Labute approximate surface area is 138 Å². The van der Waals surface area contributed by atoms with Gasteiger partial charge in [0.25, 0.3) is 0 Å². The molecule has 5 nitrogen and oxygen atoms in total. The predicted molar refractivity (Wildman–Crippen MR) is 88.4 cm³/mol. The molecular weight excluding hydrogens is 309 g/mol. The van der Waals surface area contributed by atoms with Crippen LogP contribution in [0.4, 0.5) is 10.2 Å². The minimum absolute atomic E-state index is 0.275. The van der Waals surface area contributed by atoms with Crippen molar-refractivity contribution in [3.05, 3.63) is 59.2 Å². The van der Waals surface area contributed by atoms with E-state index in [0.717, 1.165) is 16.8 Å². The number of imidazole rings is 1. The largest absolute Gasteiger partial charge is 0.479 e. The Morgan fingerprint density at radius 1 is 1.38 bits per heavy atom. The molecule has 0 bridgehead atoms.